The normalized spacial score (nSPS) is 14.9. The SMILES string of the molecule is O=C(CN1CCN(C(=O)c2ccccc2)CC1)Nc1ccc(F)c(Cl)c1. The predicted molar refractivity (Wildman–Crippen MR) is 98.8 cm³/mol. The van der Waals surface area contributed by atoms with Gasteiger partial charge in [0.25, 0.3) is 5.91 Å². The molecule has 5 nitrogen and oxygen atoms in total. The molecule has 1 N–H and O–H groups in total. The highest BCUT2D eigenvalue weighted by Crippen LogP contribution is 2.19. The Morgan fingerprint density at radius 1 is 1.04 bits per heavy atom. The molecule has 1 aliphatic rings. The van der Waals surface area contributed by atoms with Crippen molar-refractivity contribution in [3.63, 3.8) is 0 Å². The second kappa shape index (κ2) is 8.29. The van der Waals surface area contributed by atoms with Crippen LogP contribution in [-0.4, -0.2) is 54.3 Å². The van der Waals surface area contributed by atoms with E-state index >= 15 is 0 Å². The van der Waals surface area contributed by atoms with Gasteiger partial charge in [0.1, 0.15) is 5.82 Å². The van der Waals surface area contributed by atoms with E-state index in [9.17, 15) is 14.0 Å². The Kier molecular flexibility index (Phi) is 5.85. The number of amides is 2. The van der Waals surface area contributed by atoms with E-state index in [4.69, 9.17) is 11.6 Å². The zero-order chi connectivity index (χ0) is 18.5. The Balaban J connectivity index is 1.48. The number of nitrogens with zero attached hydrogens (tertiary/aromatic N) is 2. The summed E-state index contributed by atoms with van der Waals surface area (Å²) in [5, 5.41) is 2.67. The van der Waals surface area contributed by atoms with Crippen molar-refractivity contribution >= 4 is 29.1 Å². The van der Waals surface area contributed by atoms with E-state index in [1.54, 1.807) is 17.0 Å². The second-order valence-corrected chi connectivity index (χ2v) is 6.52. The summed E-state index contributed by atoms with van der Waals surface area (Å²) in [6.07, 6.45) is 0. The molecule has 0 radical (unpaired) electrons. The fraction of sp³-hybridized carbons (Fsp3) is 0.263. The highest BCUT2D eigenvalue weighted by atomic mass is 35.5. The summed E-state index contributed by atoms with van der Waals surface area (Å²) in [6, 6.07) is 13.2. The fourth-order valence-electron chi connectivity index (χ4n) is 2.85. The Labute approximate surface area is 156 Å². The molecule has 2 aromatic rings. The molecule has 1 heterocycles. The van der Waals surface area contributed by atoms with Crippen LogP contribution in [0.25, 0.3) is 0 Å². The van der Waals surface area contributed by atoms with E-state index in [0.29, 0.717) is 37.4 Å². The number of hydrogen-bond donors (Lipinski definition) is 1. The second-order valence-electron chi connectivity index (χ2n) is 6.11. The van der Waals surface area contributed by atoms with Crippen LogP contribution >= 0.6 is 11.6 Å². The number of nitrogens with one attached hydrogen (secondary N) is 1. The lowest BCUT2D eigenvalue weighted by Gasteiger charge is -2.34. The van der Waals surface area contributed by atoms with Gasteiger partial charge in [0.2, 0.25) is 5.91 Å². The molecule has 26 heavy (non-hydrogen) atoms. The van der Waals surface area contributed by atoms with Gasteiger partial charge in [-0.3, -0.25) is 14.5 Å². The zero-order valence-electron chi connectivity index (χ0n) is 14.1. The molecule has 0 atom stereocenters. The van der Waals surface area contributed by atoms with Crippen molar-refractivity contribution < 1.29 is 14.0 Å². The first-order valence-electron chi connectivity index (χ1n) is 8.34. The first-order chi connectivity index (χ1) is 12.5. The molecule has 0 aliphatic carbocycles. The molecule has 0 spiro atoms. The van der Waals surface area contributed by atoms with Gasteiger partial charge in [-0.1, -0.05) is 29.8 Å². The summed E-state index contributed by atoms with van der Waals surface area (Å²) in [5.41, 5.74) is 1.13. The molecule has 0 saturated carbocycles. The first kappa shape index (κ1) is 18.4. The molecule has 3 rings (SSSR count). The van der Waals surface area contributed by atoms with Gasteiger partial charge in [-0.2, -0.15) is 0 Å². The van der Waals surface area contributed by atoms with E-state index in [0.717, 1.165) is 0 Å². The van der Waals surface area contributed by atoms with Crippen molar-refractivity contribution in [2.75, 3.05) is 38.0 Å². The Morgan fingerprint density at radius 3 is 2.38 bits per heavy atom. The van der Waals surface area contributed by atoms with Gasteiger partial charge in [0, 0.05) is 37.4 Å². The van der Waals surface area contributed by atoms with Crippen LogP contribution in [0, 0.1) is 5.82 Å². The van der Waals surface area contributed by atoms with Crippen molar-refractivity contribution in [1.29, 1.82) is 0 Å². The van der Waals surface area contributed by atoms with E-state index in [2.05, 4.69) is 5.32 Å². The number of carbonyl (C=O) groups excluding carboxylic acids is 2. The molecule has 1 aliphatic heterocycles. The summed E-state index contributed by atoms with van der Waals surface area (Å²) in [4.78, 5) is 28.3. The number of hydrogen-bond acceptors (Lipinski definition) is 3. The monoisotopic (exact) mass is 375 g/mol. The quantitative estimate of drug-likeness (QED) is 0.894. The summed E-state index contributed by atoms with van der Waals surface area (Å²) in [6.45, 7) is 2.60. The molecule has 136 valence electrons. The number of anilines is 1. The molecule has 0 bridgehead atoms. The minimum Gasteiger partial charge on any atom is -0.336 e. The van der Waals surface area contributed by atoms with Crippen molar-refractivity contribution in [3.05, 3.63) is 64.9 Å². The summed E-state index contributed by atoms with van der Waals surface area (Å²) < 4.78 is 13.1. The Morgan fingerprint density at radius 2 is 1.73 bits per heavy atom. The molecule has 0 unspecified atom stereocenters. The van der Waals surface area contributed by atoms with Gasteiger partial charge >= 0.3 is 0 Å². The molecular weight excluding hydrogens is 357 g/mol. The van der Waals surface area contributed by atoms with Crippen LogP contribution in [0.4, 0.5) is 10.1 Å². The maximum atomic E-state index is 13.1. The Bertz CT molecular complexity index is 793. The Hall–Kier alpha value is -2.44. The van der Waals surface area contributed by atoms with Crippen LogP contribution in [0.2, 0.25) is 5.02 Å². The zero-order valence-corrected chi connectivity index (χ0v) is 14.9. The third-order valence-electron chi connectivity index (χ3n) is 4.25. The number of benzene rings is 2. The minimum absolute atomic E-state index is 0.00987. The van der Waals surface area contributed by atoms with Crippen molar-refractivity contribution in [2.45, 2.75) is 0 Å². The van der Waals surface area contributed by atoms with E-state index in [1.807, 2.05) is 23.1 Å². The molecule has 2 aromatic carbocycles. The standard InChI is InChI=1S/C19H19ClFN3O2/c20-16-12-15(6-7-17(16)21)22-18(25)13-23-8-10-24(11-9-23)19(26)14-4-2-1-3-5-14/h1-7,12H,8-11,13H2,(H,22,25). The van der Waals surface area contributed by atoms with Crippen LogP contribution in [-0.2, 0) is 4.79 Å². The number of piperazine rings is 1. The maximum Gasteiger partial charge on any atom is 0.253 e. The first-order valence-corrected chi connectivity index (χ1v) is 8.72. The van der Waals surface area contributed by atoms with E-state index in [-0.39, 0.29) is 23.4 Å². The van der Waals surface area contributed by atoms with Crippen molar-refractivity contribution in [1.82, 2.24) is 9.80 Å². The van der Waals surface area contributed by atoms with Crippen LogP contribution < -0.4 is 5.32 Å². The lowest BCUT2D eigenvalue weighted by molar-refractivity contribution is -0.117. The highest BCUT2D eigenvalue weighted by molar-refractivity contribution is 6.31. The van der Waals surface area contributed by atoms with Crippen LogP contribution in [0.1, 0.15) is 10.4 Å². The van der Waals surface area contributed by atoms with Crippen LogP contribution in [0.5, 0.6) is 0 Å². The van der Waals surface area contributed by atoms with Gasteiger partial charge in [0.15, 0.2) is 0 Å². The predicted octanol–water partition coefficient (Wildman–Crippen LogP) is 2.88. The smallest absolute Gasteiger partial charge is 0.253 e. The maximum absolute atomic E-state index is 13.1. The fourth-order valence-corrected chi connectivity index (χ4v) is 3.03. The number of carbonyl (C=O) groups is 2. The summed E-state index contributed by atoms with van der Waals surface area (Å²) in [7, 11) is 0. The molecule has 7 heteroatoms. The van der Waals surface area contributed by atoms with Crippen LogP contribution in [0.15, 0.2) is 48.5 Å². The minimum atomic E-state index is -0.524. The lowest BCUT2D eigenvalue weighted by Crippen LogP contribution is -2.50. The van der Waals surface area contributed by atoms with Crippen LogP contribution in [0.3, 0.4) is 0 Å². The highest BCUT2D eigenvalue weighted by Gasteiger charge is 2.23. The van der Waals surface area contributed by atoms with Gasteiger partial charge < -0.3 is 10.2 Å². The van der Waals surface area contributed by atoms with E-state index < -0.39 is 5.82 Å². The molecule has 0 aromatic heterocycles. The van der Waals surface area contributed by atoms with Gasteiger partial charge in [0.05, 0.1) is 11.6 Å². The molecule has 1 fully saturated rings. The molecule has 1 saturated heterocycles. The van der Waals surface area contributed by atoms with Gasteiger partial charge in [-0.25, -0.2) is 4.39 Å². The average molecular weight is 376 g/mol. The lowest BCUT2D eigenvalue weighted by atomic mass is 10.2. The largest absolute Gasteiger partial charge is 0.336 e. The average Bonchev–Trinajstić information content (AvgIpc) is 2.65. The molecule has 2 amide bonds. The topological polar surface area (TPSA) is 52.7 Å². The molecular formula is C19H19ClFN3O2. The van der Waals surface area contributed by atoms with Crippen molar-refractivity contribution in [2.24, 2.45) is 0 Å². The third-order valence-corrected chi connectivity index (χ3v) is 4.54. The third kappa shape index (κ3) is 4.59. The van der Waals surface area contributed by atoms with Gasteiger partial charge in [-0.15, -0.1) is 0 Å². The number of rotatable bonds is 4. The van der Waals surface area contributed by atoms with Crippen molar-refractivity contribution in [3.8, 4) is 0 Å². The summed E-state index contributed by atoms with van der Waals surface area (Å²) >= 11 is 5.71. The summed E-state index contributed by atoms with van der Waals surface area (Å²) in [5.74, 6) is -0.713. The van der Waals surface area contributed by atoms with Gasteiger partial charge in [-0.05, 0) is 30.3 Å². The number of halogens is 2. The van der Waals surface area contributed by atoms with E-state index in [1.165, 1.54) is 18.2 Å².